The summed E-state index contributed by atoms with van der Waals surface area (Å²) in [5, 5.41) is 10.3. The molecular formula is C7H5BF4KNO2. The van der Waals surface area contributed by atoms with Gasteiger partial charge in [0.15, 0.2) is 0 Å². The van der Waals surface area contributed by atoms with Gasteiger partial charge in [-0.15, -0.1) is 0 Å². The number of hydrogen-bond donors (Lipinski definition) is 0. The van der Waals surface area contributed by atoms with Crippen LogP contribution in [0, 0.1) is 15.9 Å². The van der Waals surface area contributed by atoms with Crippen molar-refractivity contribution in [3.05, 3.63) is 39.7 Å². The van der Waals surface area contributed by atoms with Gasteiger partial charge >= 0.3 is 58.4 Å². The van der Waals surface area contributed by atoms with Crippen molar-refractivity contribution in [1.82, 2.24) is 0 Å². The van der Waals surface area contributed by atoms with Gasteiger partial charge < -0.3 is 12.9 Å². The van der Waals surface area contributed by atoms with Gasteiger partial charge in [-0.25, -0.2) is 4.39 Å². The molecule has 0 saturated carbocycles. The average molecular weight is 261 g/mol. The molecule has 0 aromatic heterocycles. The third kappa shape index (κ3) is 4.92. The van der Waals surface area contributed by atoms with Crippen LogP contribution >= 0.6 is 0 Å². The second kappa shape index (κ2) is 6.10. The summed E-state index contributed by atoms with van der Waals surface area (Å²) < 4.78 is 48.7. The summed E-state index contributed by atoms with van der Waals surface area (Å²) in [6.45, 7) is -5.17. The van der Waals surface area contributed by atoms with Crippen molar-refractivity contribution in [2.24, 2.45) is 0 Å². The number of nitro benzene ring substituents is 1. The smallest absolute Gasteiger partial charge is 0.449 e. The van der Waals surface area contributed by atoms with Crippen LogP contribution in [0.3, 0.4) is 0 Å². The van der Waals surface area contributed by atoms with Crippen molar-refractivity contribution in [3.63, 3.8) is 0 Å². The normalized spacial score (nSPS) is 10.8. The van der Waals surface area contributed by atoms with Crippen molar-refractivity contribution in [1.29, 1.82) is 0 Å². The van der Waals surface area contributed by atoms with E-state index in [1.54, 1.807) is 0 Å². The topological polar surface area (TPSA) is 43.1 Å². The standard InChI is InChI=1S/C7H5BF4NO2.K/c9-6-2-1-5(4-8(10,11)12)7(3-6)13(14)15;/h1-3H,4H2;/q-1;+1. The van der Waals surface area contributed by atoms with Crippen molar-refractivity contribution in [2.45, 2.75) is 6.32 Å². The van der Waals surface area contributed by atoms with Crippen LogP contribution in [0.4, 0.5) is 23.0 Å². The van der Waals surface area contributed by atoms with Crippen LogP contribution in [0.5, 0.6) is 0 Å². The van der Waals surface area contributed by atoms with Crippen LogP contribution in [0.25, 0.3) is 0 Å². The van der Waals surface area contributed by atoms with Gasteiger partial charge in [0.2, 0.25) is 0 Å². The Labute approximate surface area is 131 Å². The van der Waals surface area contributed by atoms with Gasteiger partial charge in [0, 0.05) is 5.56 Å². The van der Waals surface area contributed by atoms with Gasteiger partial charge in [0.25, 0.3) is 5.69 Å². The molecule has 0 radical (unpaired) electrons. The van der Waals surface area contributed by atoms with Crippen molar-refractivity contribution in [3.8, 4) is 0 Å². The molecule has 0 bridgehead atoms. The van der Waals surface area contributed by atoms with Crippen LogP contribution in [-0.2, 0) is 6.32 Å². The van der Waals surface area contributed by atoms with Gasteiger partial charge in [-0.1, -0.05) is 12.4 Å². The van der Waals surface area contributed by atoms with Gasteiger partial charge in [-0.2, -0.15) is 0 Å². The minimum Gasteiger partial charge on any atom is -0.449 e. The minimum absolute atomic E-state index is 0. The van der Waals surface area contributed by atoms with Crippen LogP contribution in [0.15, 0.2) is 18.2 Å². The second-order valence-corrected chi connectivity index (χ2v) is 2.94. The fourth-order valence-electron chi connectivity index (χ4n) is 1.13. The third-order valence-corrected chi connectivity index (χ3v) is 1.70. The Bertz CT molecular complexity index is 398. The maximum atomic E-state index is 12.6. The molecule has 9 heteroatoms. The zero-order valence-electron chi connectivity index (χ0n) is 8.29. The SMILES string of the molecule is O=[N+]([O-])c1cc(F)ccc1C[B-](F)(F)F.[K+]. The maximum Gasteiger partial charge on any atom is 1.00 e. The first kappa shape index (κ1) is 16.0. The quantitative estimate of drug-likeness (QED) is 0.323. The summed E-state index contributed by atoms with van der Waals surface area (Å²) in [5.74, 6) is -0.930. The van der Waals surface area contributed by atoms with E-state index in [2.05, 4.69) is 0 Å². The molecule has 16 heavy (non-hydrogen) atoms. The molecule has 0 unspecified atom stereocenters. The van der Waals surface area contributed by atoms with E-state index in [1.165, 1.54) is 0 Å². The van der Waals surface area contributed by atoms with Gasteiger partial charge in [-0.3, -0.25) is 10.1 Å². The van der Waals surface area contributed by atoms with E-state index in [0.717, 1.165) is 12.1 Å². The van der Waals surface area contributed by atoms with E-state index in [0.29, 0.717) is 6.07 Å². The summed E-state index contributed by atoms with van der Waals surface area (Å²) in [7, 11) is 0. The fourth-order valence-corrected chi connectivity index (χ4v) is 1.13. The summed E-state index contributed by atoms with van der Waals surface area (Å²) in [4.78, 5) is 9.31. The summed E-state index contributed by atoms with van der Waals surface area (Å²) in [6.07, 6.45) is -1.38. The molecule has 1 aromatic rings. The van der Waals surface area contributed by atoms with Crippen molar-refractivity contribution >= 4 is 12.7 Å². The van der Waals surface area contributed by atoms with Gasteiger partial charge in [0.1, 0.15) is 5.82 Å². The van der Waals surface area contributed by atoms with Gasteiger partial charge in [0.05, 0.1) is 11.0 Å². The average Bonchev–Trinajstić information content (AvgIpc) is 2.05. The van der Waals surface area contributed by atoms with E-state index in [-0.39, 0.29) is 51.4 Å². The Morgan fingerprint density at radius 1 is 1.31 bits per heavy atom. The first-order valence-electron chi connectivity index (χ1n) is 3.93. The number of hydrogen-bond acceptors (Lipinski definition) is 2. The van der Waals surface area contributed by atoms with Crippen molar-refractivity contribution in [2.75, 3.05) is 0 Å². The molecule has 0 aliphatic carbocycles. The Kier molecular flexibility index (Phi) is 6.12. The van der Waals surface area contributed by atoms with E-state index in [4.69, 9.17) is 0 Å². The molecule has 0 atom stereocenters. The zero-order valence-corrected chi connectivity index (χ0v) is 11.4. The summed E-state index contributed by atoms with van der Waals surface area (Å²) in [6, 6.07) is 2.03. The number of nitrogens with zero attached hydrogens (tertiary/aromatic N) is 1. The van der Waals surface area contributed by atoms with E-state index in [1.807, 2.05) is 0 Å². The Hall–Kier alpha value is 0.0413. The molecule has 0 heterocycles. The van der Waals surface area contributed by atoms with E-state index >= 15 is 0 Å². The number of nitro groups is 1. The second-order valence-electron chi connectivity index (χ2n) is 2.94. The molecule has 0 aliphatic heterocycles. The number of halogens is 4. The molecule has 0 N–H and O–H groups in total. The Balaban J connectivity index is 0.00000225. The predicted octanol–water partition coefficient (Wildman–Crippen LogP) is -0.333. The largest absolute Gasteiger partial charge is 1.00 e. The Morgan fingerprint density at radius 3 is 2.31 bits per heavy atom. The molecular weight excluding hydrogens is 256 g/mol. The van der Waals surface area contributed by atoms with Crippen LogP contribution < -0.4 is 51.4 Å². The molecule has 0 fully saturated rings. The van der Waals surface area contributed by atoms with Crippen LogP contribution in [0.1, 0.15) is 5.56 Å². The predicted molar refractivity (Wildman–Crippen MR) is 45.8 cm³/mol. The van der Waals surface area contributed by atoms with Crippen molar-refractivity contribution < 1.29 is 73.6 Å². The molecule has 1 rings (SSSR count). The molecule has 0 amide bonds. The number of rotatable bonds is 3. The molecule has 0 spiro atoms. The summed E-state index contributed by atoms with van der Waals surface area (Å²) in [5.41, 5.74) is -1.36. The Morgan fingerprint density at radius 2 is 1.88 bits per heavy atom. The molecule has 0 saturated heterocycles. The molecule has 0 aliphatic rings. The van der Waals surface area contributed by atoms with E-state index in [9.17, 15) is 27.5 Å². The first-order valence-corrected chi connectivity index (χ1v) is 3.93. The van der Waals surface area contributed by atoms with E-state index < -0.39 is 35.3 Å². The molecule has 1 aromatic carbocycles. The van der Waals surface area contributed by atoms with Gasteiger partial charge in [-0.05, 0) is 6.07 Å². The zero-order chi connectivity index (χ0) is 11.6. The minimum atomic E-state index is -5.17. The molecule has 3 nitrogen and oxygen atoms in total. The first-order chi connectivity index (χ1) is 6.79. The fraction of sp³-hybridized carbons (Fsp3) is 0.143. The number of benzene rings is 1. The maximum absolute atomic E-state index is 12.6. The third-order valence-electron chi connectivity index (χ3n) is 1.70. The van der Waals surface area contributed by atoms with Crippen LogP contribution in [0.2, 0.25) is 0 Å². The van der Waals surface area contributed by atoms with Crippen LogP contribution in [-0.4, -0.2) is 11.9 Å². The molecule has 82 valence electrons. The summed E-state index contributed by atoms with van der Waals surface area (Å²) >= 11 is 0. The monoisotopic (exact) mass is 261 g/mol.